The van der Waals surface area contributed by atoms with Crippen LogP contribution in [0.5, 0.6) is 0 Å². The molecule has 0 fully saturated rings. The van der Waals surface area contributed by atoms with E-state index in [4.69, 9.17) is 0 Å². The van der Waals surface area contributed by atoms with E-state index in [2.05, 4.69) is 4.74 Å². The van der Waals surface area contributed by atoms with E-state index in [-0.39, 0.29) is 6.42 Å². The van der Waals surface area contributed by atoms with Gasteiger partial charge >= 0.3 is 5.97 Å². The van der Waals surface area contributed by atoms with Gasteiger partial charge in [-0.25, -0.2) is 0 Å². The molecule has 0 aliphatic rings. The largest absolute Gasteiger partial charge is 0.469 e. The van der Waals surface area contributed by atoms with E-state index in [1.807, 2.05) is 12.3 Å². The Morgan fingerprint density at radius 2 is 2.27 bits per heavy atom. The third-order valence-electron chi connectivity index (χ3n) is 2.19. The van der Waals surface area contributed by atoms with Crippen molar-refractivity contribution in [3.05, 3.63) is 21.9 Å². The van der Waals surface area contributed by atoms with Gasteiger partial charge in [0.1, 0.15) is 6.10 Å². The standard InChI is InChI=1S/C10H14O4S/c1-6-7(3-4-15-6)10(13)8(11)5-9(12)14-2/h3-4,8,10-11,13H,5H2,1-2H3. The van der Waals surface area contributed by atoms with Crippen LogP contribution in [0.2, 0.25) is 0 Å². The van der Waals surface area contributed by atoms with E-state index in [0.29, 0.717) is 5.56 Å². The molecule has 5 heteroatoms. The van der Waals surface area contributed by atoms with Gasteiger partial charge in [0.05, 0.1) is 19.6 Å². The second-order valence-electron chi connectivity index (χ2n) is 3.22. The van der Waals surface area contributed by atoms with Gasteiger partial charge in [0.15, 0.2) is 0 Å². The summed E-state index contributed by atoms with van der Waals surface area (Å²) in [5, 5.41) is 21.2. The van der Waals surface area contributed by atoms with Gasteiger partial charge in [0.2, 0.25) is 0 Å². The Balaban J connectivity index is 2.64. The third kappa shape index (κ3) is 3.02. The molecule has 0 saturated carbocycles. The maximum Gasteiger partial charge on any atom is 0.308 e. The van der Waals surface area contributed by atoms with Gasteiger partial charge < -0.3 is 14.9 Å². The quantitative estimate of drug-likeness (QED) is 0.758. The number of methoxy groups -OCH3 is 1. The lowest BCUT2D eigenvalue weighted by Crippen LogP contribution is -2.22. The Kier molecular flexibility index (Phi) is 4.26. The monoisotopic (exact) mass is 230 g/mol. The Morgan fingerprint density at radius 1 is 1.60 bits per heavy atom. The van der Waals surface area contributed by atoms with Gasteiger partial charge in [-0.1, -0.05) is 0 Å². The van der Waals surface area contributed by atoms with Gasteiger partial charge in [-0.2, -0.15) is 0 Å². The highest BCUT2D eigenvalue weighted by molar-refractivity contribution is 7.10. The SMILES string of the molecule is COC(=O)CC(O)C(O)c1ccsc1C. The molecule has 0 radical (unpaired) electrons. The molecule has 0 aliphatic carbocycles. The summed E-state index contributed by atoms with van der Waals surface area (Å²) in [7, 11) is 1.25. The number of carbonyl (C=O) groups is 1. The second-order valence-corrected chi connectivity index (χ2v) is 4.34. The van der Waals surface area contributed by atoms with Crippen LogP contribution in [0.25, 0.3) is 0 Å². The van der Waals surface area contributed by atoms with Gasteiger partial charge in [0, 0.05) is 4.88 Å². The van der Waals surface area contributed by atoms with Crippen molar-refractivity contribution in [2.24, 2.45) is 0 Å². The molecule has 15 heavy (non-hydrogen) atoms. The zero-order chi connectivity index (χ0) is 11.4. The number of aryl methyl sites for hydroxylation is 1. The molecule has 1 aromatic heterocycles. The zero-order valence-electron chi connectivity index (χ0n) is 8.64. The predicted molar refractivity (Wildman–Crippen MR) is 56.7 cm³/mol. The molecule has 1 aromatic rings. The van der Waals surface area contributed by atoms with Gasteiger partial charge in [-0.3, -0.25) is 4.79 Å². The highest BCUT2D eigenvalue weighted by Gasteiger charge is 2.23. The first-order valence-electron chi connectivity index (χ1n) is 4.53. The summed E-state index contributed by atoms with van der Waals surface area (Å²) in [5.74, 6) is -0.533. The molecule has 0 amide bonds. The summed E-state index contributed by atoms with van der Waals surface area (Å²) in [6, 6.07) is 1.74. The summed E-state index contributed by atoms with van der Waals surface area (Å²) in [6.07, 6.45) is -2.35. The van der Waals surface area contributed by atoms with Crippen LogP contribution >= 0.6 is 11.3 Å². The molecule has 1 heterocycles. The molecule has 0 aromatic carbocycles. The number of aliphatic hydroxyl groups excluding tert-OH is 2. The predicted octanol–water partition coefficient (Wildman–Crippen LogP) is 1.01. The number of rotatable bonds is 4. The fourth-order valence-electron chi connectivity index (χ4n) is 1.27. The summed E-state index contributed by atoms with van der Waals surface area (Å²) in [4.78, 5) is 11.8. The smallest absolute Gasteiger partial charge is 0.308 e. The van der Waals surface area contributed by atoms with Crippen LogP contribution in [0.15, 0.2) is 11.4 Å². The van der Waals surface area contributed by atoms with Crippen molar-refractivity contribution in [3.63, 3.8) is 0 Å². The van der Waals surface area contributed by atoms with Crippen molar-refractivity contribution in [1.29, 1.82) is 0 Å². The molecule has 2 N–H and O–H groups in total. The molecule has 0 spiro atoms. The molecule has 0 saturated heterocycles. The van der Waals surface area contributed by atoms with Gasteiger partial charge in [-0.15, -0.1) is 11.3 Å². The molecule has 2 atom stereocenters. The minimum atomic E-state index is -1.12. The minimum absolute atomic E-state index is 0.201. The number of carbonyl (C=O) groups excluding carboxylic acids is 1. The van der Waals surface area contributed by atoms with Crippen LogP contribution in [0, 0.1) is 6.92 Å². The number of ether oxygens (including phenoxy) is 1. The van der Waals surface area contributed by atoms with Crippen molar-refractivity contribution < 1.29 is 19.7 Å². The number of hydrogen-bond acceptors (Lipinski definition) is 5. The third-order valence-corrected chi connectivity index (χ3v) is 3.05. The second kappa shape index (κ2) is 5.25. The summed E-state index contributed by atoms with van der Waals surface area (Å²) < 4.78 is 4.41. The van der Waals surface area contributed by atoms with E-state index >= 15 is 0 Å². The maximum atomic E-state index is 10.9. The fourth-order valence-corrected chi connectivity index (χ4v) is 2.02. The van der Waals surface area contributed by atoms with E-state index < -0.39 is 18.2 Å². The Hall–Kier alpha value is -0.910. The molecule has 1 rings (SSSR count). The minimum Gasteiger partial charge on any atom is -0.469 e. The molecular formula is C10H14O4S. The number of esters is 1. The first-order chi connectivity index (χ1) is 7.06. The molecule has 0 bridgehead atoms. The van der Waals surface area contributed by atoms with Crippen LogP contribution in [-0.4, -0.2) is 29.4 Å². The van der Waals surface area contributed by atoms with E-state index in [9.17, 15) is 15.0 Å². The Labute approximate surface area is 92.1 Å². The Morgan fingerprint density at radius 3 is 2.73 bits per heavy atom. The Bertz CT molecular complexity index is 334. The number of aliphatic hydroxyl groups is 2. The van der Waals surface area contributed by atoms with Gasteiger partial charge in [-0.05, 0) is 23.9 Å². The van der Waals surface area contributed by atoms with Crippen LogP contribution in [0.3, 0.4) is 0 Å². The average molecular weight is 230 g/mol. The van der Waals surface area contributed by atoms with Crippen LogP contribution < -0.4 is 0 Å². The van der Waals surface area contributed by atoms with Gasteiger partial charge in [0.25, 0.3) is 0 Å². The van der Waals surface area contributed by atoms with Crippen molar-refractivity contribution >= 4 is 17.3 Å². The first kappa shape index (κ1) is 12.2. The summed E-state index contributed by atoms with van der Waals surface area (Å²) in [6.45, 7) is 1.86. The van der Waals surface area contributed by atoms with E-state index in [1.54, 1.807) is 6.07 Å². The zero-order valence-corrected chi connectivity index (χ0v) is 9.45. The highest BCUT2D eigenvalue weighted by Crippen LogP contribution is 2.26. The van der Waals surface area contributed by atoms with Crippen molar-refractivity contribution in [3.8, 4) is 0 Å². The molecule has 2 unspecified atom stereocenters. The van der Waals surface area contributed by atoms with Crippen LogP contribution in [0.1, 0.15) is 23.0 Å². The maximum absolute atomic E-state index is 10.9. The first-order valence-corrected chi connectivity index (χ1v) is 5.41. The van der Waals surface area contributed by atoms with Crippen molar-refractivity contribution in [2.45, 2.75) is 25.6 Å². The van der Waals surface area contributed by atoms with E-state index in [1.165, 1.54) is 18.4 Å². The lowest BCUT2D eigenvalue weighted by atomic mass is 10.0. The van der Waals surface area contributed by atoms with E-state index in [0.717, 1.165) is 4.88 Å². The highest BCUT2D eigenvalue weighted by atomic mass is 32.1. The lowest BCUT2D eigenvalue weighted by Gasteiger charge is -2.16. The number of hydrogen-bond donors (Lipinski definition) is 2. The normalized spacial score (nSPS) is 14.7. The average Bonchev–Trinajstić information content (AvgIpc) is 2.63. The molecule has 0 aliphatic heterocycles. The number of thiophene rings is 1. The van der Waals surface area contributed by atoms with Crippen LogP contribution in [-0.2, 0) is 9.53 Å². The molecular weight excluding hydrogens is 216 g/mol. The lowest BCUT2D eigenvalue weighted by molar-refractivity contribution is -0.144. The summed E-state index contributed by atoms with van der Waals surface area (Å²) in [5.41, 5.74) is 0.663. The van der Waals surface area contributed by atoms with Crippen LogP contribution in [0.4, 0.5) is 0 Å². The summed E-state index contributed by atoms with van der Waals surface area (Å²) >= 11 is 1.49. The van der Waals surface area contributed by atoms with Crippen molar-refractivity contribution in [2.75, 3.05) is 7.11 Å². The molecule has 84 valence electrons. The van der Waals surface area contributed by atoms with Crippen molar-refractivity contribution in [1.82, 2.24) is 0 Å². The molecule has 4 nitrogen and oxygen atoms in total. The topological polar surface area (TPSA) is 66.8 Å². The fraction of sp³-hybridized carbons (Fsp3) is 0.500.